The van der Waals surface area contributed by atoms with Crippen molar-refractivity contribution in [2.75, 3.05) is 5.73 Å². The maximum Gasteiger partial charge on any atom is 0.337 e. The van der Waals surface area contributed by atoms with Crippen molar-refractivity contribution in [3.63, 3.8) is 0 Å². The van der Waals surface area contributed by atoms with E-state index in [0.717, 1.165) is 14.3 Å². The van der Waals surface area contributed by atoms with Gasteiger partial charge in [0.1, 0.15) is 0 Å². The number of carbonyl (C=O) groups is 1. The molecule has 2 aromatic rings. The number of benzene rings is 2. The molecule has 0 bridgehead atoms. The largest absolute Gasteiger partial charge is 0.478 e. The molecule has 0 saturated carbocycles. The number of halogens is 1. The van der Waals surface area contributed by atoms with Crippen LogP contribution >= 0.6 is 27.7 Å². The summed E-state index contributed by atoms with van der Waals surface area (Å²) in [6, 6.07) is 12.8. The van der Waals surface area contributed by atoms with Crippen molar-refractivity contribution in [1.29, 1.82) is 0 Å². The molecular formula is C13H10BrNO2S. The van der Waals surface area contributed by atoms with Crippen LogP contribution in [0.25, 0.3) is 0 Å². The van der Waals surface area contributed by atoms with Gasteiger partial charge >= 0.3 is 5.97 Å². The molecule has 0 atom stereocenters. The molecule has 3 nitrogen and oxygen atoms in total. The van der Waals surface area contributed by atoms with E-state index in [1.54, 1.807) is 12.1 Å². The van der Waals surface area contributed by atoms with Gasteiger partial charge < -0.3 is 10.8 Å². The number of rotatable bonds is 3. The lowest BCUT2D eigenvalue weighted by molar-refractivity contribution is 0.0698. The number of carboxylic acids is 1. The van der Waals surface area contributed by atoms with Crippen LogP contribution in [0.4, 0.5) is 5.69 Å². The lowest BCUT2D eigenvalue weighted by Gasteiger charge is -2.05. The maximum absolute atomic E-state index is 11.0. The molecule has 92 valence electrons. The van der Waals surface area contributed by atoms with Crippen LogP contribution in [-0.2, 0) is 0 Å². The van der Waals surface area contributed by atoms with Gasteiger partial charge in [0.15, 0.2) is 0 Å². The van der Waals surface area contributed by atoms with E-state index in [9.17, 15) is 4.79 Å². The number of nitrogen functional groups attached to an aromatic ring is 1. The monoisotopic (exact) mass is 323 g/mol. The molecule has 0 amide bonds. The van der Waals surface area contributed by atoms with Crippen molar-refractivity contribution >= 4 is 39.3 Å². The topological polar surface area (TPSA) is 63.3 Å². The Bertz CT molecular complexity index is 601. The summed E-state index contributed by atoms with van der Waals surface area (Å²) < 4.78 is 0.987. The van der Waals surface area contributed by atoms with E-state index in [-0.39, 0.29) is 11.3 Å². The fourth-order valence-electron chi connectivity index (χ4n) is 1.45. The minimum atomic E-state index is -1.01. The summed E-state index contributed by atoms with van der Waals surface area (Å²) in [6.07, 6.45) is 0. The van der Waals surface area contributed by atoms with E-state index in [4.69, 9.17) is 10.8 Å². The van der Waals surface area contributed by atoms with Crippen LogP contribution in [0.2, 0.25) is 0 Å². The van der Waals surface area contributed by atoms with Crippen molar-refractivity contribution in [1.82, 2.24) is 0 Å². The van der Waals surface area contributed by atoms with Crippen LogP contribution < -0.4 is 5.73 Å². The van der Waals surface area contributed by atoms with Gasteiger partial charge in [0.05, 0.1) is 5.56 Å². The average molecular weight is 324 g/mol. The van der Waals surface area contributed by atoms with Crippen LogP contribution in [0, 0.1) is 0 Å². The first-order valence-electron chi connectivity index (χ1n) is 5.12. The van der Waals surface area contributed by atoms with Crippen LogP contribution in [0.3, 0.4) is 0 Å². The predicted octanol–water partition coefficient (Wildman–Crippen LogP) is 3.88. The van der Waals surface area contributed by atoms with Crippen LogP contribution in [0.15, 0.2) is 56.7 Å². The van der Waals surface area contributed by atoms with Gasteiger partial charge in [0, 0.05) is 20.0 Å². The van der Waals surface area contributed by atoms with Gasteiger partial charge in [-0.1, -0.05) is 33.8 Å². The van der Waals surface area contributed by atoms with Crippen molar-refractivity contribution in [2.24, 2.45) is 0 Å². The van der Waals surface area contributed by atoms with Gasteiger partial charge in [-0.15, -0.1) is 0 Å². The Morgan fingerprint density at radius 1 is 1.17 bits per heavy atom. The zero-order valence-electron chi connectivity index (χ0n) is 9.26. The Morgan fingerprint density at radius 3 is 2.56 bits per heavy atom. The molecule has 0 aliphatic carbocycles. The second-order valence-corrected chi connectivity index (χ2v) is 5.68. The smallest absolute Gasteiger partial charge is 0.337 e. The highest BCUT2D eigenvalue weighted by Gasteiger charge is 2.09. The highest BCUT2D eigenvalue weighted by molar-refractivity contribution is 9.10. The summed E-state index contributed by atoms with van der Waals surface area (Å²) in [5.74, 6) is -1.01. The third-order valence-corrected chi connectivity index (χ3v) is 3.76. The molecule has 2 aromatic carbocycles. The zero-order chi connectivity index (χ0) is 13.1. The first-order valence-corrected chi connectivity index (χ1v) is 6.73. The molecule has 0 heterocycles. The third kappa shape index (κ3) is 3.05. The first-order chi connectivity index (χ1) is 8.56. The van der Waals surface area contributed by atoms with E-state index in [2.05, 4.69) is 15.9 Å². The standard InChI is InChI=1S/C13H10BrNO2S/c14-8-2-1-3-9(6-8)18-10-4-5-12(15)11(7-10)13(16)17/h1-7H,15H2,(H,16,17). The minimum absolute atomic E-state index is 0.134. The predicted molar refractivity (Wildman–Crippen MR) is 76.1 cm³/mol. The highest BCUT2D eigenvalue weighted by Crippen LogP contribution is 2.31. The second kappa shape index (κ2) is 5.46. The molecule has 0 aromatic heterocycles. The Kier molecular flexibility index (Phi) is 3.93. The number of hydrogen-bond acceptors (Lipinski definition) is 3. The molecule has 0 unspecified atom stereocenters. The molecule has 0 radical (unpaired) electrons. The number of carboxylic acid groups (broad SMARTS) is 1. The molecule has 0 aliphatic heterocycles. The van der Waals surface area contributed by atoms with Gasteiger partial charge in [-0.25, -0.2) is 4.79 Å². The van der Waals surface area contributed by atoms with E-state index >= 15 is 0 Å². The number of nitrogens with two attached hydrogens (primary N) is 1. The molecule has 0 spiro atoms. The quantitative estimate of drug-likeness (QED) is 0.841. The van der Waals surface area contributed by atoms with Crippen molar-refractivity contribution in [3.05, 3.63) is 52.5 Å². The van der Waals surface area contributed by atoms with Gasteiger partial charge in [-0.05, 0) is 36.4 Å². The van der Waals surface area contributed by atoms with Crippen LogP contribution in [0.5, 0.6) is 0 Å². The molecule has 0 aliphatic rings. The van der Waals surface area contributed by atoms with Gasteiger partial charge in [-0.3, -0.25) is 0 Å². The van der Waals surface area contributed by atoms with Crippen LogP contribution in [0.1, 0.15) is 10.4 Å². The summed E-state index contributed by atoms with van der Waals surface area (Å²) in [5.41, 5.74) is 6.02. The average Bonchev–Trinajstić information content (AvgIpc) is 2.31. The fraction of sp³-hybridized carbons (Fsp3) is 0. The Labute approximate surface area is 117 Å². The SMILES string of the molecule is Nc1ccc(Sc2cccc(Br)c2)cc1C(=O)O. The second-order valence-electron chi connectivity index (χ2n) is 3.61. The van der Waals surface area contributed by atoms with Crippen molar-refractivity contribution in [2.45, 2.75) is 9.79 Å². The molecule has 3 N–H and O–H groups in total. The molecule has 0 fully saturated rings. The summed E-state index contributed by atoms with van der Waals surface area (Å²) in [6.45, 7) is 0. The molecule has 2 rings (SSSR count). The normalized spacial score (nSPS) is 10.3. The highest BCUT2D eigenvalue weighted by atomic mass is 79.9. The van der Waals surface area contributed by atoms with E-state index in [1.807, 2.05) is 30.3 Å². The third-order valence-electron chi connectivity index (χ3n) is 2.29. The molecular weight excluding hydrogens is 314 g/mol. The summed E-state index contributed by atoms with van der Waals surface area (Å²) in [7, 11) is 0. The fourth-order valence-corrected chi connectivity index (χ4v) is 2.92. The lowest BCUT2D eigenvalue weighted by Crippen LogP contribution is -2.01. The lowest BCUT2D eigenvalue weighted by atomic mass is 10.2. The van der Waals surface area contributed by atoms with E-state index in [0.29, 0.717) is 0 Å². The van der Waals surface area contributed by atoms with Gasteiger partial charge in [0.25, 0.3) is 0 Å². The molecule has 18 heavy (non-hydrogen) atoms. The van der Waals surface area contributed by atoms with Crippen LogP contribution in [-0.4, -0.2) is 11.1 Å². The maximum atomic E-state index is 11.0. The number of aromatic carboxylic acids is 1. The molecule has 0 saturated heterocycles. The Hall–Kier alpha value is -1.46. The Balaban J connectivity index is 2.30. The van der Waals surface area contributed by atoms with Crippen molar-refractivity contribution < 1.29 is 9.90 Å². The number of anilines is 1. The first kappa shape index (κ1) is 13.0. The minimum Gasteiger partial charge on any atom is -0.478 e. The summed E-state index contributed by atoms with van der Waals surface area (Å²) in [4.78, 5) is 12.9. The molecule has 5 heteroatoms. The number of hydrogen-bond donors (Lipinski definition) is 2. The van der Waals surface area contributed by atoms with Crippen molar-refractivity contribution in [3.8, 4) is 0 Å². The van der Waals surface area contributed by atoms with E-state index in [1.165, 1.54) is 11.8 Å². The summed E-state index contributed by atoms with van der Waals surface area (Å²) in [5, 5.41) is 9.00. The van der Waals surface area contributed by atoms with Gasteiger partial charge in [0.2, 0.25) is 0 Å². The van der Waals surface area contributed by atoms with Gasteiger partial charge in [-0.2, -0.15) is 0 Å². The van der Waals surface area contributed by atoms with E-state index < -0.39 is 5.97 Å². The Morgan fingerprint density at radius 2 is 1.89 bits per heavy atom. The summed E-state index contributed by atoms with van der Waals surface area (Å²) >= 11 is 4.89. The zero-order valence-corrected chi connectivity index (χ0v) is 11.7.